The van der Waals surface area contributed by atoms with Crippen LogP contribution in [0.1, 0.15) is 55.0 Å². The van der Waals surface area contributed by atoms with Gasteiger partial charge in [-0.15, -0.1) is 0 Å². The van der Waals surface area contributed by atoms with Gasteiger partial charge < -0.3 is 19.5 Å². The van der Waals surface area contributed by atoms with Gasteiger partial charge in [0.25, 0.3) is 5.91 Å². The predicted octanol–water partition coefficient (Wildman–Crippen LogP) is 6.32. The molecule has 3 aromatic rings. The van der Waals surface area contributed by atoms with Crippen LogP contribution in [0.25, 0.3) is 0 Å². The fourth-order valence-electron chi connectivity index (χ4n) is 3.20. The van der Waals surface area contributed by atoms with Crippen molar-refractivity contribution in [2.24, 2.45) is 0 Å². The first-order chi connectivity index (χ1) is 15.5. The van der Waals surface area contributed by atoms with E-state index in [2.05, 4.69) is 17.2 Å². The summed E-state index contributed by atoms with van der Waals surface area (Å²) in [6, 6.07) is 18.4. The summed E-state index contributed by atoms with van der Waals surface area (Å²) in [5, 5.41) is 2.93. The second-order valence-corrected chi connectivity index (χ2v) is 7.35. The number of pyridine rings is 1. The number of benzene rings is 2. The van der Waals surface area contributed by atoms with Crippen molar-refractivity contribution < 1.29 is 19.0 Å². The van der Waals surface area contributed by atoms with Crippen molar-refractivity contribution in [3.05, 3.63) is 77.6 Å². The SMILES string of the molecule is CCCOC(C)c1ccc(C(=O)Nc2cccc(Oc3ccccc3OCC)c2)c(C)n1. The Morgan fingerprint density at radius 1 is 1.03 bits per heavy atom. The average Bonchev–Trinajstić information content (AvgIpc) is 2.79. The van der Waals surface area contributed by atoms with E-state index in [0.717, 1.165) is 12.1 Å². The lowest BCUT2D eigenvalue weighted by Crippen LogP contribution is -2.15. The second kappa shape index (κ2) is 11.3. The van der Waals surface area contributed by atoms with Gasteiger partial charge in [0.1, 0.15) is 5.75 Å². The highest BCUT2D eigenvalue weighted by Crippen LogP contribution is 2.32. The molecule has 0 aliphatic rings. The molecule has 1 N–H and O–H groups in total. The molecule has 0 spiro atoms. The number of hydrogen-bond acceptors (Lipinski definition) is 5. The number of ether oxygens (including phenoxy) is 3. The molecule has 3 rings (SSSR count). The zero-order valence-electron chi connectivity index (χ0n) is 19.1. The molecule has 6 heteroatoms. The largest absolute Gasteiger partial charge is 0.490 e. The lowest BCUT2D eigenvalue weighted by Gasteiger charge is -2.15. The third-order valence-corrected chi connectivity index (χ3v) is 4.81. The van der Waals surface area contributed by atoms with E-state index >= 15 is 0 Å². The Bertz CT molecular complexity index is 1050. The maximum Gasteiger partial charge on any atom is 0.257 e. The lowest BCUT2D eigenvalue weighted by atomic mass is 10.1. The first kappa shape index (κ1) is 23.3. The molecule has 0 bridgehead atoms. The molecule has 1 amide bonds. The van der Waals surface area contributed by atoms with Gasteiger partial charge in [-0.2, -0.15) is 0 Å². The minimum Gasteiger partial charge on any atom is -0.490 e. The van der Waals surface area contributed by atoms with E-state index in [0.29, 0.717) is 47.4 Å². The van der Waals surface area contributed by atoms with Crippen LogP contribution in [0.5, 0.6) is 17.2 Å². The number of rotatable bonds is 10. The molecule has 0 radical (unpaired) electrons. The molecule has 1 unspecified atom stereocenters. The number of anilines is 1. The van der Waals surface area contributed by atoms with Gasteiger partial charge in [-0.25, -0.2) is 0 Å². The summed E-state index contributed by atoms with van der Waals surface area (Å²) >= 11 is 0. The third kappa shape index (κ3) is 6.08. The highest BCUT2D eigenvalue weighted by molar-refractivity contribution is 6.05. The molecule has 168 valence electrons. The lowest BCUT2D eigenvalue weighted by molar-refractivity contribution is 0.0632. The molecule has 6 nitrogen and oxygen atoms in total. The number of carbonyl (C=O) groups is 1. The molecule has 0 saturated heterocycles. The molecular formula is C26H30N2O4. The molecule has 0 fully saturated rings. The Morgan fingerprint density at radius 3 is 2.53 bits per heavy atom. The molecule has 1 atom stereocenters. The smallest absolute Gasteiger partial charge is 0.257 e. The molecular weight excluding hydrogens is 404 g/mol. The molecule has 0 aliphatic heterocycles. The first-order valence-electron chi connectivity index (χ1n) is 10.9. The van der Waals surface area contributed by atoms with Crippen molar-refractivity contribution in [3.63, 3.8) is 0 Å². The first-order valence-corrected chi connectivity index (χ1v) is 10.9. The Kier molecular flexibility index (Phi) is 8.22. The topological polar surface area (TPSA) is 69.7 Å². The zero-order valence-corrected chi connectivity index (χ0v) is 19.1. The van der Waals surface area contributed by atoms with Crippen LogP contribution >= 0.6 is 0 Å². The number of hydrogen-bond donors (Lipinski definition) is 1. The molecule has 1 heterocycles. The summed E-state index contributed by atoms with van der Waals surface area (Å²) in [6.07, 6.45) is 0.836. The van der Waals surface area contributed by atoms with E-state index in [9.17, 15) is 4.79 Å². The van der Waals surface area contributed by atoms with Crippen LogP contribution in [-0.2, 0) is 4.74 Å². The number of amides is 1. The van der Waals surface area contributed by atoms with Crippen LogP contribution in [0.4, 0.5) is 5.69 Å². The Hall–Kier alpha value is -3.38. The molecule has 0 aliphatic carbocycles. The van der Waals surface area contributed by atoms with Crippen LogP contribution < -0.4 is 14.8 Å². The standard InChI is InChI=1S/C26H30N2O4/c1-5-16-31-19(4)23-15-14-22(18(3)27-23)26(29)28-20-10-9-11-21(17-20)32-25-13-8-7-12-24(25)30-6-2/h7-15,17,19H,5-6,16H2,1-4H3,(H,28,29). The van der Waals surface area contributed by atoms with Gasteiger partial charge in [0, 0.05) is 18.4 Å². The Balaban J connectivity index is 1.71. The maximum atomic E-state index is 12.9. The number of aromatic nitrogens is 1. The van der Waals surface area contributed by atoms with E-state index < -0.39 is 0 Å². The van der Waals surface area contributed by atoms with Crippen LogP contribution in [0.3, 0.4) is 0 Å². The predicted molar refractivity (Wildman–Crippen MR) is 126 cm³/mol. The summed E-state index contributed by atoms with van der Waals surface area (Å²) in [5.74, 6) is 1.66. The van der Waals surface area contributed by atoms with Gasteiger partial charge in [-0.1, -0.05) is 25.1 Å². The number of para-hydroxylation sites is 2. The van der Waals surface area contributed by atoms with Crippen molar-refractivity contribution in [2.45, 2.75) is 40.2 Å². The summed E-state index contributed by atoms with van der Waals surface area (Å²) < 4.78 is 17.3. The fraction of sp³-hybridized carbons (Fsp3) is 0.308. The fourth-order valence-corrected chi connectivity index (χ4v) is 3.20. The van der Waals surface area contributed by atoms with E-state index in [4.69, 9.17) is 14.2 Å². The second-order valence-electron chi connectivity index (χ2n) is 7.35. The van der Waals surface area contributed by atoms with Crippen molar-refractivity contribution >= 4 is 11.6 Å². The van der Waals surface area contributed by atoms with Crippen LogP contribution in [0.2, 0.25) is 0 Å². The summed E-state index contributed by atoms with van der Waals surface area (Å²) in [5.41, 5.74) is 2.62. The van der Waals surface area contributed by atoms with E-state index in [1.807, 2.05) is 69.3 Å². The summed E-state index contributed by atoms with van der Waals surface area (Å²) in [6.45, 7) is 9.01. The number of nitrogens with zero attached hydrogens (tertiary/aromatic N) is 1. The van der Waals surface area contributed by atoms with Crippen LogP contribution in [0, 0.1) is 6.92 Å². The molecule has 0 saturated carbocycles. The van der Waals surface area contributed by atoms with Crippen molar-refractivity contribution in [1.82, 2.24) is 4.98 Å². The number of aryl methyl sites for hydroxylation is 1. The molecule has 32 heavy (non-hydrogen) atoms. The highest BCUT2D eigenvalue weighted by Gasteiger charge is 2.15. The van der Waals surface area contributed by atoms with Gasteiger partial charge in [0.15, 0.2) is 11.5 Å². The van der Waals surface area contributed by atoms with E-state index in [1.165, 1.54) is 0 Å². The van der Waals surface area contributed by atoms with Gasteiger partial charge in [0.2, 0.25) is 0 Å². The van der Waals surface area contributed by atoms with E-state index in [-0.39, 0.29) is 12.0 Å². The minimum absolute atomic E-state index is 0.112. The monoisotopic (exact) mass is 434 g/mol. The summed E-state index contributed by atoms with van der Waals surface area (Å²) in [7, 11) is 0. The van der Waals surface area contributed by atoms with Gasteiger partial charge in [-0.3, -0.25) is 9.78 Å². The number of nitrogens with one attached hydrogen (secondary N) is 1. The van der Waals surface area contributed by atoms with E-state index in [1.54, 1.807) is 12.1 Å². The molecule has 1 aromatic heterocycles. The Labute approximate surface area is 189 Å². The maximum absolute atomic E-state index is 12.9. The van der Waals surface area contributed by atoms with Crippen molar-refractivity contribution in [2.75, 3.05) is 18.5 Å². The number of carbonyl (C=O) groups excluding carboxylic acids is 1. The van der Waals surface area contributed by atoms with Gasteiger partial charge in [-0.05, 0) is 63.6 Å². The molecule has 2 aromatic carbocycles. The van der Waals surface area contributed by atoms with Crippen molar-refractivity contribution in [1.29, 1.82) is 0 Å². The zero-order chi connectivity index (χ0) is 22.9. The van der Waals surface area contributed by atoms with Crippen LogP contribution in [0.15, 0.2) is 60.7 Å². The van der Waals surface area contributed by atoms with Gasteiger partial charge >= 0.3 is 0 Å². The van der Waals surface area contributed by atoms with Crippen molar-refractivity contribution in [3.8, 4) is 17.2 Å². The average molecular weight is 435 g/mol. The highest BCUT2D eigenvalue weighted by atomic mass is 16.5. The van der Waals surface area contributed by atoms with Gasteiger partial charge in [0.05, 0.1) is 29.7 Å². The quantitative estimate of drug-likeness (QED) is 0.404. The summed E-state index contributed by atoms with van der Waals surface area (Å²) in [4.78, 5) is 17.4. The normalized spacial score (nSPS) is 11.6. The Morgan fingerprint density at radius 2 is 1.81 bits per heavy atom. The van der Waals surface area contributed by atoms with Crippen LogP contribution in [-0.4, -0.2) is 24.1 Å². The third-order valence-electron chi connectivity index (χ3n) is 4.81. The minimum atomic E-state index is -0.226.